The predicted octanol–water partition coefficient (Wildman–Crippen LogP) is 2.79. The van der Waals surface area contributed by atoms with Crippen molar-refractivity contribution in [1.82, 2.24) is 4.90 Å². The van der Waals surface area contributed by atoms with E-state index in [4.69, 9.17) is 4.74 Å². The van der Waals surface area contributed by atoms with Gasteiger partial charge in [0.25, 0.3) is 11.8 Å². The van der Waals surface area contributed by atoms with Crippen molar-refractivity contribution in [3.63, 3.8) is 0 Å². The van der Waals surface area contributed by atoms with Crippen LogP contribution in [-0.2, 0) is 11.2 Å². The molecule has 2 heterocycles. The van der Waals surface area contributed by atoms with Crippen LogP contribution in [0, 0.1) is 0 Å². The van der Waals surface area contributed by atoms with Crippen molar-refractivity contribution in [2.45, 2.75) is 32.3 Å². The maximum atomic E-state index is 12.4. The van der Waals surface area contributed by atoms with E-state index in [0.29, 0.717) is 24.3 Å². The summed E-state index contributed by atoms with van der Waals surface area (Å²) in [6, 6.07) is 3.72. The first-order valence-corrected chi connectivity index (χ1v) is 7.72. The molecule has 0 N–H and O–H groups in total. The molecule has 0 aliphatic carbocycles. The summed E-state index contributed by atoms with van der Waals surface area (Å²) in [6.45, 7) is 3.13. The van der Waals surface area contributed by atoms with E-state index in [1.807, 2.05) is 6.07 Å². The van der Waals surface area contributed by atoms with Gasteiger partial charge < -0.3 is 4.74 Å². The minimum Gasteiger partial charge on any atom is -0.371 e. The Labute approximate surface area is 126 Å². The van der Waals surface area contributed by atoms with Crippen LogP contribution in [0.2, 0.25) is 0 Å². The fourth-order valence-electron chi connectivity index (χ4n) is 2.48. The number of ether oxygens (including phenoxy) is 1. The van der Waals surface area contributed by atoms with Crippen molar-refractivity contribution >= 4 is 27.7 Å². The molecule has 2 aliphatic rings. The first kappa shape index (κ1) is 13.8. The van der Waals surface area contributed by atoms with E-state index in [9.17, 15) is 9.59 Å². The summed E-state index contributed by atoms with van der Waals surface area (Å²) in [5, 5.41) is 0. The molecule has 0 spiro atoms. The Morgan fingerprint density at radius 3 is 2.75 bits per heavy atom. The molecule has 1 saturated heterocycles. The van der Waals surface area contributed by atoms with Crippen LogP contribution in [0.15, 0.2) is 16.6 Å². The van der Waals surface area contributed by atoms with Crippen molar-refractivity contribution in [3.05, 3.63) is 33.3 Å². The van der Waals surface area contributed by atoms with Crippen molar-refractivity contribution < 1.29 is 14.3 Å². The quantitative estimate of drug-likeness (QED) is 0.613. The third-order valence-corrected chi connectivity index (χ3v) is 4.65. The monoisotopic (exact) mass is 337 g/mol. The maximum absolute atomic E-state index is 12.4. The molecule has 1 unspecified atom stereocenters. The van der Waals surface area contributed by atoms with E-state index < -0.39 is 0 Å². The van der Waals surface area contributed by atoms with Crippen molar-refractivity contribution in [1.29, 1.82) is 0 Å². The van der Waals surface area contributed by atoms with Gasteiger partial charge in [-0.25, -0.2) is 0 Å². The summed E-state index contributed by atoms with van der Waals surface area (Å²) in [7, 11) is 0. The molecule has 1 fully saturated rings. The highest BCUT2D eigenvalue weighted by molar-refractivity contribution is 9.10. The lowest BCUT2D eigenvalue weighted by Crippen LogP contribution is -2.33. The summed E-state index contributed by atoms with van der Waals surface area (Å²) >= 11 is 3.51. The molecule has 5 heteroatoms. The van der Waals surface area contributed by atoms with Crippen LogP contribution in [-0.4, -0.2) is 36.0 Å². The molecule has 3 rings (SSSR count). The number of carbonyl (C=O) groups is 2. The third kappa shape index (κ3) is 2.29. The molecule has 0 aromatic heterocycles. The number of hydrogen-bond donors (Lipinski definition) is 0. The molecule has 20 heavy (non-hydrogen) atoms. The summed E-state index contributed by atoms with van der Waals surface area (Å²) in [4.78, 5) is 26.0. The van der Waals surface area contributed by atoms with Crippen LogP contribution in [0.1, 0.15) is 46.0 Å². The lowest BCUT2D eigenvalue weighted by atomic mass is 10.0. The van der Waals surface area contributed by atoms with Gasteiger partial charge in [0.1, 0.15) is 0 Å². The Hall–Kier alpha value is -1.20. The molecule has 1 aromatic rings. The number of amides is 2. The van der Waals surface area contributed by atoms with Gasteiger partial charge in [0.05, 0.1) is 30.4 Å². The van der Waals surface area contributed by atoms with Gasteiger partial charge >= 0.3 is 0 Å². The molecule has 0 bridgehead atoms. The average Bonchev–Trinajstić information content (AvgIpc) is 3.22. The molecule has 106 valence electrons. The number of imide groups is 1. The number of unbranched alkanes of at least 4 members (excludes halogenated alkanes) is 1. The highest BCUT2D eigenvalue weighted by Crippen LogP contribution is 2.33. The highest BCUT2D eigenvalue weighted by atomic mass is 79.9. The average molecular weight is 338 g/mol. The Morgan fingerprint density at radius 1 is 1.35 bits per heavy atom. The largest absolute Gasteiger partial charge is 0.371 e. The Balaban J connectivity index is 1.92. The minimum absolute atomic E-state index is 0.0237. The van der Waals surface area contributed by atoms with Gasteiger partial charge in [-0.1, -0.05) is 19.4 Å². The number of fused-ring (bicyclic) bond motifs is 1. The smallest absolute Gasteiger partial charge is 0.262 e. The molecule has 2 amide bonds. The first-order chi connectivity index (χ1) is 9.63. The fourth-order valence-corrected chi connectivity index (χ4v) is 3.20. The number of rotatable bonds is 5. The molecular formula is C15H16BrNO3. The van der Waals surface area contributed by atoms with Gasteiger partial charge in [0.2, 0.25) is 0 Å². The van der Waals surface area contributed by atoms with Crippen molar-refractivity contribution in [3.8, 4) is 0 Å². The first-order valence-electron chi connectivity index (χ1n) is 6.92. The SMILES string of the molecule is CCCCc1ccc2c(c1Br)C(=O)N(CC1CO1)C2=O. The van der Waals surface area contributed by atoms with E-state index in [0.717, 1.165) is 29.3 Å². The topological polar surface area (TPSA) is 49.9 Å². The Bertz CT molecular complexity index is 581. The lowest BCUT2D eigenvalue weighted by molar-refractivity contribution is 0.0642. The number of carbonyl (C=O) groups excluding carboxylic acids is 2. The van der Waals surface area contributed by atoms with E-state index in [2.05, 4.69) is 22.9 Å². The zero-order valence-corrected chi connectivity index (χ0v) is 12.9. The summed E-state index contributed by atoms with van der Waals surface area (Å²) in [5.74, 6) is -0.408. The molecule has 1 aromatic carbocycles. The molecule has 4 nitrogen and oxygen atoms in total. The van der Waals surface area contributed by atoms with Gasteiger partial charge in [-0.2, -0.15) is 0 Å². The Kier molecular flexibility index (Phi) is 3.65. The van der Waals surface area contributed by atoms with Crippen LogP contribution < -0.4 is 0 Å². The second-order valence-corrected chi connectivity index (χ2v) is 6.03. The molecule has 2 aliphatic heterocycles. The van der Waals surface area contributed by atoms with E-state index >= 15 is 0 Å². The van der Waals surface area contributed by atoms with Crippen LogP contribution in [0.4, 0.5) is 0 Å². The fraction of sp³-hybridized carbons (Fsp3) is 0.467. The van der Waals surface area contributed by atoms with Crippen LogP contribution >= 0.6 is 15.9 Å². The van der Waals surface area contributed by atoms with Gasteiger partial charge in [-0.3, -0.25) is 14.5 Å². The second kappa shape index (κ2) is 5.30. The van der Waals surface area contributed by atoms with Crippen LogP contribution in [0.3, 0.4) is 0 Å². The van der Waals surface area contributed by atoms with Gasteiger partial charge in [0, 0.05) is 4.47 Å². The molecular weight excluding hydrogens is 322 g/mol. The van der Waals surface area contributed by atoms with Crippen molar-refractivity contribution in [2.24, 2.45) is 0 Å². The standard InChI is InChI=1S/C15H16BrNO3/c1-2-3-4-9-5-6-11-12(13(9)16)15(19)17(14(11)18)7-10-8-20-10/h5-6,10H,2-4,7-8H2,1H3. The van der Waals surface area contributed by atoms with Gasteiger partial charge in [-0.05, 0) is 40.4 Å². The highest BCUT2D eigenvalue weighted by Gasteiger charge is 2.40. The number of aryl methyl sites for hydroxylation is 1. The summed E-state index contributed by atoms with van der Waals surface area (Å²) in [6.07, 6.45) is 3.11. The van der Waals surface area contributed by atoms with Gasteiger partial charge in [0.15, 0.2) is 0 Å². The zero-order chi connectivity index (χ0) is 14.3. The molecule has 0 saturated carbocycles. The Morgan fingerprint density at radius 2 is 2.10 bits per heavy atom. The summed E-state index contributed by atoms with van der Waals surface area (Å²) in [5.41, 5.74) is 2.11. The molecule has 1 atom stereocenters. The number of halogens is 1. The predicted molar refractivity (Wildman–Crippen MR) is 77.9 cm³/mol. The lowest BCUT2D eigenvalue weighted by Gasteiger charge is -2.11. The number of benzene rings is 1. The zero-order valence-electron chi connectivity index (χ0n) is 11.3. The number of hydrogen-bond acceptors (Lipinski definition) is 3. The number of nitrogens with zero attached hydrogens (tertiary/aromatic N) is 1. The van der Waals surface area contributed by atoms with Gasteiger partial charge in [-0.15, -0.1) is 0 Å². The van der Waals surface area contributed by atoms with E-state index in [1.165, 1.54) is 4.90 Å². The molecule has 0 radical (unpaired) electrons. The van der Waals surface area contributed by atoms with E-state index in [-0.39, 0.29) is 17.9 Å². The van der Waals surface area contributed by atoms with Crippen LogP contribution in [0.25, 0.3) is 0 Å². The maximum Gasteiger partial charge on any atom is 0.262 e. The van der Waals surface area contributed by atoms with Crippen molar-refractivity contribution in [2.75, 3.05) is 13.2 Å². The summed E-state index contributed by atoms with van der Waals surface area (Å²) < 4.78 is 5.89. The third-order valence-electron chi connectivity index (χ3n) is 3.74. The normalized spacial score (nSPS) is 20.5. The van der Waals surface area contributed by atoms with E-state index in [1.54, 1.807) is 6.07 Å². The minimum atomic E-state index is -0.205. The van der Waals surface area contributed by atoms with Crippen LogP contribution in [0.5, 0.6) is 0 Å². The second-order valence-electron chi connectivity index (χ2n) is 5.24. The number of epoxide rings is 1.